The first-order valence-corrected chi connectivity index (χ1v) is 9.51. The lowest BCUT2D eigenvalue weighted by molar-refractivity contribution is -0.0367. The van der Waals surface area contributed by atoms with Crippen LogP contribution in [0.4, 0.5) is 0 Å². The summed E-state index contributed by atoms with van der Waals surface area (Å²) in [5, 5.41) is 3.65. The largest absolute Gasteiger partial charge is 0.376 e. The molecule has 1 N–H and O–H groups in total. The number of hydrogen-bond donors (Lipinski definition) is 1. The molecule has 0 aromatic rings. The van der Waals surface area contributed by atoms with Crippen LogP contribution in [0.2, 0.25) is 0 Å². The van der Waals surface area contributed by atoms with Crippen molar-refractivity contribution in [1.29, 1.82) is 0 Å². The van der Waals surface area contributed by atoms with Gasteiger partial charge in [0.2, 0.25) is 0 Å². The van der Waals surface area contributed by atoms with E-state index < -0.39 is 0 Å². The number of piperidine rings is 1. The first-order valence-electron chi connectivity index (χ1n) is 9.51. The van der Waals surface area contributed by atoms with E-state index in [1.54, 1.807) is 0 Å². The molecule has 0 aromatic heterocycles. The summed E-state index contributed by atoms with van der Waals surface area (Å²) < 4.78 is 11.7. The first kappa shape index (κ1) is 20.2. The van der Waals surface area contributed by atoms with Crippen molar-refractivity contribution in [3.05, 3.63) is 0 Å². The van der Waals surface area contributed by atoms with E-state index in [0.717, 1.165) is 57.4 Å². The zero-order valence-corrected chi connectivity index (χ0v) is 17.5. The third kappa shape index (κ3) is 5.73. The number of likely N-dealkylation sites (tertiary alicyclic amines) is 1. The Balaban J connectivity index is 0.00000208. The van der Waals surface area contributed by atoms with E-state index in [4.69, 9.17) is 9.47 Å². The number of aliphatic imine (C=N–C) groups is 1. The highest BCUT2D eigenvalue weighted by Gasteiger charge is 2.37. The molecule has 3 atom stereocenters. The maximum atomic E-state index is 6.06. The van der Waals surface area contributed by atoms with E-state index in [-0.39, 0.29) is 24.0 Å². The normalized spacial score (nSPS) is 31.0. The van der Waals surface area contributed by atoms with E-state index in [1.165, 1.54) is 25.7 Å². The summed E-state index contributed by atoms with van der Waals surface area (Å²) in [6, 6.07) is 0.655. The molecule has 5 nitrogen and oxygen atoms in total. The molecule has 6 heteroatoms. The number of ether oxygens (including phenoxy) is 2. The number of nitrogens with zero attached hydrogens (tertiary/aromatic N) is 2. The molecule has 2 aliphatic heterocycles. The molecule has 3 fully saturated rings. The zero-order chi connectivity index (χ0) is 16.1. The van der Waals surface area contributed by atoms with Gasteiger partial charge in [-0.15, -0.1) is 24.0 Å². The van der Waals surface area contributed by atoms with E-state index in [9.17, 15) is 0 Å². The molecular weight excluding hydrogens is 417 g/mol. The van der Waals surface area contributed by atoms with Gasteiger partial charge in [-0.25, -0.2) is 0 Å². The summed E-state index contributed by atoms with van der Waals surface area (Å²) in [6.45, 7) is 6.04. The summed E-state index contributed by atoms with van der Waals surface area (Å²) >= 11 is 0. The minimum Gasteiger partial charge on any atom is -0.376 e. The van der Waals surface area contributed by atoms with Crippen LogP contribution < -0.4 is 5.32 Å². The lowest BCUT2D eigenvalue weighted by Gasteiger charge is -2.34. The number of halogens is 1. The minimum atomic E-state index is 0. The van der Waals surface area contributed by atoms with E-state index in [1.807, 2.05) is 7.05 Å². The molecule has 2 heterocycles. The van der Waals surface area contributed by atoms with Gasteiger partial charge in [0.05, 0.1) is 18.8 Å². The maximum absolute atomic E-state index is 6.06. The van der Waals surface area contributed by atoms with Crippen molar-refractivity contribution in [2.24, 2.45) is 10.9 Å². The summed E-state index contributed by atoms with van der Waals surface area (Å²) in [5.74, 6) is 1.95. The second-order valence-electron chi connectivity index (χ2n) is 7.24. The van der Waals surface area contributed by atoms with Crippen LogP contribution >= 0.6 is 24.0 Å². The van der Waals surface area contributed by atoms with E-state index in [0.29, 0.717) is 18.2 Å². The van der Waals surface area contributed by atoms with Gasteiger partial charge in [0.15, 0.2) is 5.96 Å². The monoisotopic (exact) mass is 451 g/mol. The third-order valence-corrected chi connectivity index (χ3v) is 5.39. The second kappa shape index (κ2) is 10.2. The topological polar surface area (TPSA) is 46.1 Å². The molecule has 2 saturated heterocycles. The van der Waals surface area contributed by atoms with Gasteiger partial charge in [-0.3, -0.25) is 4.99 Å². The molecular formula is C18H34IN3O2. The van der Waals surface area contributed by atoms with Crippen LogP contribution in [0.25, 0.3) is 0 Å². The summed E-state index contributed by atoms with van der Waals surface area (Å²) in [6.07, 6.45) is 9.21. The first-order chi connectivity index (χ1) is 11.3. The molecule has 0 aromatic carbocycles. The van der Waals surface area contributed by atoms with Crippen LogP contribution in [0.3, 0.4) is 0 Å². The van der Waals surface area contributed by atoms with Crippen LogP contribution in [0, 0.1) is 5.92 Å². The predicted molar refractivity (Wildman–Crippen MR) is 108 cm³/mol. The number of rotatable bonds is 6. The fourth-order valence-corrected chi connectivity index (χ4v) is 3.83. The van der Waals surface area contributed by atoms with Crippen LogP contribution in [0.15, 0.2) is 4.99 Å². The molecule has 3 aliphatic rings. The molecule has 0 bridgehead atoms. The Labute approximate surface area is 164 Å². The molecule has 24 heavy (non-hydrogen) atoms. The molecule has 140 valence electrons. The predicted octanol–water partition coefficient (Wildman–Crippen LogP) is 3.03. The van der Waals surface area contributed by atoms with Crippen molar-refractivity contribution in [3.8, 4) is 0 Å². The quantitative estimate of drug-likeness (QED) is 0.383. The van der Waals surface area contributed by atoms with Crippen molar-refractivity contribution in [2.45, 2.75) is 70.1 Å². The SMILES string of the molecule is CCCC1CC1NC(=NC)N1CCC(OCC2CCCO2)CC1.I. The van der Waals surface area contributed by atoms with Gasteiger partial charge in [-0.1, -0.05) is 13.3 Å². The molecule has 0 radical (unpaired) electrons. The van der Waals surface area contributed by atoms with Crippen molar-refractivity contribution >= 4 is 29.9 Å². The molecule has 3 rings (SSSR count). The Morgan fingerprint density at radius 2 is 2.08 bits per heavy atom. The Morgan fingerprint density at radius 1 is 1.29 bits per heavy atom. The second-order valence-corrected chi connectivity index (χ2v) is 7.24. The highest BCUT2D eigenvalue weighted by molar-refractivity contribution is 14.0. The Kier molecular flexibility index (Phi) is 8.57. The molecule has 0 spiro atoms. The number of nitrogens with one attached hydrogen (secondary N) is 1. The van der Waals surface area contributed by atoms with Crippen LogP contribution in [-0.4, -0.2) is 62.5 Å². The van der Waals surface area contributed by atoms with E-state index >= 15 is 0 Å². The van der Waals surface area contributed by atoms with Gasteiger partial charge in [0.25, 0.3) is 0 Å². The average Bonchev–Trinajstić information content (AvgIpc) is 3.09. The average molecular weight is 451 g/mol. The van der Waals surface area contributed by atoms with Crippen LogP contribution in [0.1, 0.15) is 51.9 Å². The Bertz CT molecular complexity index is 394. The van der Waals surface area contributed by atoms with Gasteiger partial charge < -0.3 is 19.7 Å². The van der Waals surface area contributed by atoms with Gasteiger partial charge in [0, 0.05) is 32.8 Å². The fraction of sp³-hybridized carbons (Fsp3) is 0.944. The molecule has 0 amide bonds. The maximum Gasteiger partial charge on any atom is 0.193 e. The van der Waals surface area contributed by atoms with Gasteiger partial charge in [-0.05, 0) is 44.4 Å². The van der Waals surface area contributed by atoms with Crippen molar-refractivity contribution in [2.75, 3.05) is 33.4 Å². The van der Waals surface area contributed by atoms with Crippen molar-refractivity contribution in [1.82, 2.24) is 10.2 Å². The lowest BCUT2D eigenvalue weighted by atomic mass is 10.1. The summed E-state index contributed by atoms with van der Waals surface area (Å²) in [5.41, 5.74) is 0. The fourth-order valence-electron chi connectivity index (χ4n) is 3.83. The highest BCUT2D eigenvalue weighted by Crippen LogP contribution is 2.34. The summed E-state index contributed by atoms with van der Waals surface area (Å²) in [7, 11) is 1.90. The van der Waals surface area contributed by atoms with E-state index in [2.05, 4.69) is 22.1 Å². The molecule has 1 saturated carbocycles. The van der Waals surface area contributed by atoms with Gasteiger partial charge in [0.1, 0.15) is 0 Å². The van der Waals surface area contributed by atoms with Crippen molar-refractivity contribution in [3.63, 3.8) is 0 Å². The summed E-state index contributed by atoms with van der Waals surface area (Å²) in [4.78, 5) is 6.89. The smallest absolute Gasteiger partial charge is 0.193 e. The van der Waals surface area contributed by atoms with Crippen LogP contribution in [0.5, 0.6) is 0 Å². The van der Waals surface area contributed by atoms with Gasteiger partial charge >= 0.3 is 0 Å². The van der Waals surface area contributed by atoms with Gasteiger partial charge in [-0.2, -0.15) is 0 Å². The zero-order valence-electron chi connectivity index (χ0n) is 15.2. The number of guanidine groups is 1. The molecule has 1 aliphatic carbocycles. The standard InChI is InChI=1S/C18H33N3O2.HI/c1-3-5-14-12-17(14)20-18(19-2)21-9-7-15(8-10-21)23-13-16-6-4-11-22-16;/h14-17H,3-13H2,1-2H3,(H,19,20);1H. The Morgan fingerprint density at radius 3 is 2.71 bits per heavy atom. The van der Waals surface area contributed by atoms with Crippen molar-refractivity contribution < 1.29 is 9.47 Å². The Hall–Kier alpha value is -0.0800. The highest BCUT2D eigenvalue weighted by atomic mass is 127. The van der Waals surface area contributed by atoms with Crippen LogP contribution in [-0.2, 0) is 9.47 Å². The molecule has 3 unspecified atom stereocenters. The minimum absolute atomic E-state index is 0. The lowest BCUT2D eigenvalue weighted by Crippen LogP contribution is -2.48. The number of hydrogen-bond acceptors (Lipinski definition) is 3. The third-order valence-electron chi connectivity index (χ3n) is 5.39.